The molecule has 2 rings (SSSR count). The van der Waals surface area contributed by atoms with Crippen LogP contribution in [0.2, 0.25) is 5.02 Å². The van der Waals surface area contributed by atoms with Gasteiger partial charge in [-0.25, -0.2) is 4.39 Å². The average molecular weight is 285 g/mol. The van der Waals surface area contributed by atoms with Gasteiger partial charge in [0.2, 0.25) is 0 Å². The Labute approximate surface area is 112 Å². The number of rotatable bonds is 2. The van der Waals surface area contributed by atoms with E-state index in [4.69, 9.17) is 17.3 Å². The Kier molecular flexibility index (Phi) is 3.54. The number of hydrogen-bond donors (Lipinski definition) is 2. The zero-order chi connectivity index (χ0) is 13.3. The fraction of sp³-hybridized carbons (Fsp3) is 0.0833. The molecule has 0 saturated heterocycles. The number of aryl methyl sites for hydroxylation is 1. The van der Waals surface area contributed by atoms with E-state index in [1.54, 1.807) is 5.38 Å². The quantitative estimate of drug-likeness (QED) is 0.827. The van der Waals surface area contributed by atoms with Crippen LogP contribution in [0.5, 0.6) is 0 Å². The molecule has 1 aromatic carbocycles. The molecule has 1 amide bonds. The van der Waals surface area contributed by atoms with Crippen LogP contribution in [-0.4, -0.2) is 5.91 Å². The van der Waals surface area contributed by atoms with Gasteiger partial charge in [-0.1, -0.05) is 11.6 Å². The lowest BCUT2D eigenvalue weighted by Crippen LogP contribution is -2.11. The molecule has 0 fully saturated rings. The van der Waals surface area contributed by atoms with Gasteiger partial charge in [-0.15, -0.1) is 11.3 Å². The molecular formula is C12H10ClFN2OS. The molecule has 18 heavy (non-hydrogen) atoms. The molecule has 0 atom stereocenters. The second-order valence-corrected chi connectivity index (χ2v) is 5.01. The molecule has 0 aliphatic heterocycles. The first-order valence-corrected chi connectivity index (χ1v) is 6.34. The summed E-state index contributed by atoms with van der Waals surface area (Å²) in [6.07, 6.45) is 0. The number of nitrogen functional groups attached to an aromatic ring is 1. The van der Waals surface area contributed by atoms with Gasteiger partial charge in [0.1, 0.15) is 10.7 Å². The third kappa shape index (κ3) is 2.47. The molecule has 0 aliphatic carbocycles. The highest BCUT2D eigenvalue weighted by Gasteiger charge is 2.15. The lowest BCUT2D eigenvalue weighted by atomic mass is 10.2. The second kappa shape index (κ2) is 4.96. The summed E-state index contributed by atoms with van der Waals surface area (Å²) in [6.45, 7) is 1.82. The number of thiophene rings is 1. The first-order valence-electron chi connectivity index (χ1n) is 5.09. The van der Waals surface area contributed by atoms with Gasteiger partial charge in [-0.2, -0.15) is 0 Å². The van der Waals surface area contributed by atoms with Crippen LogP contribution in [0.15, 0.2) is 23.6 Å². The van der Waals surface area contributed by atoms with Crippen molar-refractivity contribution in [2.24, 2.45) is 0 Å². The topological polar surface area (TPSA) is 55.1 Å². The summed E-state index contributed by atoms with van der Waals surface area (Å²) in [5, 5.41) is 4.79. The normalized spacial score (nSPS) is 10.4. The highest BCUT2D eigenvalue weighted by Crippen LogP contribution is 2.28. The van der Waals surface area contributed by atoms with Crippen LogP contribution in [0, 0.1) is 12.7 Å². The number of carbonyl (C=O) groups excluding carboxylic acids is 1. The number of benzene rings is 1. The fourth-order valence-corrected chi connectivity index (χ4v) is 2.55. The molecule has 0 bridgehead atoms. The first-order chi connectivity index (χ1) is 8.49. The van der Waals surface area contributed by atoms with Crippen molar-refractivity contribution in [3.8, 4) is 0 Å². The number of hydrogen-bond acceptors (Lipinski definition) is 3. The van der Waals surface area contributed by atoms with E-state index >= 15 is 0 Å². The molecule has 1 aromatic heterocycles. The van der Waals surface area contributed by atoms with Crippen LogP contribution in [0.4, 0.5) is 15.8 Å². The van der Waals surface area contributed by atoms with E-state index in [1.807, 2.05) is 6.92 Å². The number of amides is 1. The van der Waals surface area contributed by atoms with Crippen molar-refractivity contribution in [3.05, 3.63) is 44.9 Å². The molecule has 0 radical (unpaired) electrons. The Morgan fingerprint density at radius 1 is 1.50 bits per heavy atom. The number of halogens is 2. The summed E-state index contributed by atoms with van der Waals surface area (Å²) < 4.78 is 13.2. The van der Waals surface area contributed by atoms with Crippen molar-refractivity contribution in [1.82, 2.24) is 0 Å². The van der Waals surface area contributed by atoms with E-state index in [0.717, 1.165) is 5.56 Å². The molecule has 0 spiro atoms. The van der Waals surface area contributed by atoms with Gasteiger partial charge >= 0.3 is 0 Å². The van der Waals surface area contributed by atoms with Gasteiger partial charge in [0.05, 0.1) is 10.7 Å². The van der Waals surface area contributed by atoms with Crippen LogP contribution in [0.25, 0.3) is 0 Å². The van der Waals surface area contributed by atoms with Crippen molar-refractivity contribution in [3.63, 3.8) is 0 Å². The number of nitrogens with one attached hydrogen (secondary N) is 1. The number of carbonyl (C=O) groups is 1. The summed E-state index contributed by atoms with van der Waals surface area (Å²) in [4.78, 5) is 12.3. The Hall–Kier alpha value is -1.59. The minimum Gasteiger partial charge on any atom is -0.396 e. The largest absolute Gasteiger partial charge is 0.396 e. The monoisotopic (exact) mass is 284 g/mol. The molecule has 3 nitrogen and oxygen atoms in total. The molecule has 1 heterocycles. The summed E-state index contributed by atoms with van der Waals surface area (Å²) in [5.41, 5.74) is 6.58. The SMILES string of the molecule is Cc1csc(C(=O)Nc2ccc(N)c(F)c2)c1Cl. The standard InChI is InChI=1S/C12H10ClFN2OS/c1-6-5-18-11(10(6)13)12(17)16-7-2-3-9(15)8(14)4-7/h2-5H,15H2,1H3,(H,16,17). The molecule has 0 unspecified atom stereocenters. The lowest BCUT2D eigenvalue weighted by molar-refractivity contribution is 0.103. The van der Waals surface area contributed by atoms with Gasteiger partial charge < -0.3 is 11.1 Å². The van der Waals surface area contributed by atoms with Crippen LogP contribution < -0.4 is 11.1 Å². The summed E-state index contributed by atoms with van der Waals surface area (Å²) in [7, 11) is 0. The van der Waals surface area contributed by atoms with Gasteiger partial charge in [0.25, 0.3) is 5.91 Å². The Bertz CT molecular complexity index is 612. The highest BCUT2D eigenvalue weighted by molar-refractivity contribution is 7.13. The second-order valence-electron chi connectivity index (χ2n) is 3.75. The Morgan fingerprint density at radius 3 is 2.78 bits per heavy atom. The molecule has 3 N–H and O–H groups in total. The predicted molar refractivity (Wildman–Crippen MR) is 72.8 cm³/mol. The van der Waals surface area contributed by atoms with E-state index in [9.17, 15) is 9.18 Å². The van der Waals surface area contributed by atoms with Crippen molar-refractivity contribution < 1.29 is 9.18 Å². The summed E-state index contributed by atoms with van der Waals surface area (Å²) in [6, 6.07) is 4.10. The van der Waals surface area contributed by atoms with Gasteiger partial charge in [0.15, 0.2) is 0 Å². The maximum atomic E-state index is 13.2. The number of nitrogens with two attached hydrogens (primary N) is 1. The van der Waals surface area contributed by atoms with E-state index in [2.05, 4.69) is 5.32 Å². The summed E-state index contributed by atoms with van der Waals surface area (Å²) in [5.74, 6) is -0.927. The smallest absolute Gasteiger partial charge is 0.267 e. The van der Waals surface area contributed by atoms with E-state index in [-0.39, 0.29) is 11.6 Å². The maximum Gasteiger partial charge on any atom is 0.267 e. The first kappa shape index (κ1) is 12.9. The van der Waals surface area contributed by atoms with Gasteiger partial charge in [-0.05, 0) is 36.1 Å². The lowest BCUT2D eigenvalue weighted by Gasteiger charge is -2.05. The van der Waals surface area contributed by atoms with Gasteiger partial charge in [0, 0.05) is 5.69 Å². The highest BCUT2D eigenvalue weighted by atomic mass is 35.5. The fourth-order valence-electron chi connectivity index (χ4n) is 1.38. The number of anilines is 2. The van der Waals surface area contributed by atoms with Crippen LogP contribution >= 0.6 is 22.9 Å². The van der Waals surface area contributed by atoms with Crippen molar-refractivity contribution in [2.45, 2.75) is 6.92 Å². The third-order valence-corrected chi connectivity index (χ3v) is 4.06. The Morgan fingerprint density at radius 2 is 2.22 bits per heavy atom. The zero-order valence-electron chi connectivity index (χ0n) is 9.46. The van der Waals surface area contributed by atoms with E-state index in [1.165, 1.54) is 29.5 Å². The molecule has 0 aliphatic rings. The minimum absolute atomic E-state index is 0.0398. The van der Waals surface area contributed by atoms with Crippen LogP contribution in [0.1, 0.15) is 15.2 Å². The molecule has 6 heteroatoms. The zero-order valence-corrected chi connectivity index (χ0v) is 11.0. The Balaban J connectivity index is 2.21. The van der Waals surface area contributed by atoms with Crippen molar-refractivity contribution in [2.75, 3.05) is 11.1 Å². The van der Waals surface area contributed by atoms with Crippen molar-refractivity contribution >= 4 is 40.2 Å². The third-order valence-electron chi connectivity index (χ3n) is 2.36. The van der Waals surface area contributed by atoms with Crippen LogP contribution in [-0.2, 0) is 0 Å². The van der Waals surface area contributed by atoms with Crippen LogP contribution in [0.3, 0.4) is 0 Å². The summed E-state index contributed by atoms with van der Waals surface area (Å²) >= 11 is 7.23. The maximum absolute atomic E-state index is 13.2. The molecule has 0 saturated carbocycles. The van der Waals surface area contributed by atoms with E-state index in [0.29, 0.717) is 15.6 Å². The molecular weight excluding hydrogens is 275 g/mol. The van der Waals surface area contributed by atoms with E-state index < -0.39 is 5.82 Å². The molecule has 2 aromatic rings. The average Bonchev–Trinajstić information content (AvgIpc) is 2.65. The predicted octanol–water partition coefficient (Wildman–Crippen LogP) is 3.68. The van der Waals surface area contributed by atoms with Crippen molar-refractivity contribution in [1.29, 1.82) is 0 Å². The minimum atomic E-state index is -0.568. The van der Waals surface area contributed by atoms with Gasteiger partial charge in [-0.3, -0.25) is 4.79 Å². The molecule has 94 valence electrons.